The number of hydrogen-bond donors (Lipinski definition) is 0. The third-order valence-corrected chi connectivity index (χ3v) is 4.26. The van der Waals surface area contributed by atoms with Crippen LogP contribution in [0.5, 0.6) is 0 Å². The molecule has 1 aromatic carbocycles. The second kappa shape index (κ2) is 6.86. The maximum atomic E-state index is 13.1. The summed E-state index contributed by atoms with van der Waals surface area (Å²) in [5, 5.41) is 4.20. The van der Waals surface area contributed by atoms with Gasteiger partial charge in [0.05, 0.1) is 18.7 Å². The highest BCUT2D eigenvalue weighted by Crippen LogP contribution is 2.24. The minimum Gasteiger partial charge on any atom is -0.370 e. The molecule has 6 heteroatoms. The lowest BCUT2D eigenvalue weighted by molar-refractivity contribution is -0.0228. The molecular weight excluding hydrogens is 316 g/mol. The van der Waals surface area contributed by atoms with Gasteiger partial charge in [0.15, 0.2) is 5.82 Å². The summed E-state index contributed by atoms with van der Waals surface area (Å²) >= 11 is 0. The second-order valence-corrected chi connectivity index (χ2v) is 5.85. The molecule has 1 amide bonds. The topological polar surface area (TPSA) is 60.2 Å². The Hall–Kier alpha value is -2.99. The van der Waals surface area contributed by atoms with E-state index in [1.165, 1.54) is 0 Å². The highest BCUT2D eigenvalue weighted by atomic mass is 16.5. The molecule has 6 nitrogen and oxygen atoms in total. The zero-order chi connectivity index (χ0) is 17.1. The van der Waals surface area contributed by atoms with Gasteiger partial charge in [0, 0.05) is 25.1 Å². The molecule has 0 saturated carbocycles. The second-order valence-electron chi connectivity index (χ2n) is 5.85. The molecule has 0 unspecified atom stereocenters. The summed E-state index contributed by atoms with van der Waals surface area (Å²) in [5.74, 6) is 0.489. The molecule has 126 valence electrons. The lowest BCUT2D eigenvalue weighted by atomic mass is 10.1. The van der Waals surface area contributed by atoms with Crippen molar-refractivity contribution < 1.29 is 9.53 Å². The number of amides is 1. The average Bonchev–Trinajstić information content (AvgIpc) is 3.23. The first-order chi connectivity index (χ1) is 12.3. The highest BCUT2D eigenvalue weighted by molar-refractivity contribution is 5.97. The van der Waals surface area contributed by atoms with Gasteiger partial charge in [-0.25, -0.2) is 9.67 Å². The van der Waals surface area contributed by atoms with Crippen LogP contribution < -0.4 is 0 Å². The summed E-state index contributed by atoms with van der Waals surface area (Å²) < 4.78 is 7.47. The van der Waals surface area contributed by atoms with E-state index < -0.39 is 0 Å². The summed E-state index contributed by atoms with van der Waals surface area (Å²) in [6.07, 6.45) is 5.01. The maximum absolute atomic E-state index is 13.1. The van der Waals surface area contributed by atoms with Gasteiger partial charge in [0.2, 0.25) is 0 Å². The van der Waals surface area contributed by atoms with Crippen molar-refractivity contribution in [1.82, 2.24) is 19.7 Å². The molecule has 0 radical (unpaired) electrons. The van der Waals surface area contributed by atoms with Crippen molar-refractivity contribution >= 4 is 5.91 Å². The summed E-state index contributed by atoms with van der Waals surface area (Å²) in [6, 6.07) is 15.4. The Balaban J connectivity index is 1.59. The van der Waals surface area contributed by atoms with Gasteiger partial charge in [-0.2, -0.15) is 5.10 Å². The smallest absolute Gasteiger partial charge is 0.257 e. The SMILES string of the molecule is O=C(c1cccnc1-n1cccn1)N1CCO[C@H](c2ccccc2)C1. The van der Waals surface area contributed by atoms with Crippen molar-refractivity contribution in [3.63, 3.8) is 0 Å². The Morgan fingerprint density at radius 2 is 1.96 bits per heavy atom. The standard InChI is InChI=1S/C19H18N4O2/c24-19(16-8-4-9-20-18(16)23-11-5-10-21-23)22-12-13-25-17(14-22)15-6-2-1-3-7-15/h1-11,17H,12-14H2/t17-/m0/s1. The third kappa shape index (κ3) is 3.16. The van der Waals surface area contributed by atoms with E-state index >= 15 is 0 Å². The predicted molar refractivity (Wildman–Crippen MR) is 92.4 cm³/mol. The molecule has 0 spiro atoms. The van der Waals surface area contributed by atoms with Crippen LogP contribution in [0.3, 0.4) is 0 Å². The molecular formula is C19H18N4O2. The number of morpholine rings is 1. The van der Waals surface area contributed by atoms with Gasteiger partial charge in [0.25, 0.3) is 5.91 Å². The van der Waals surface area contributed by atoms with Gasteiger partial charge in [-0.05, 0) is 23.8 Å². The van der Waals surface area contributed by atoms with Crippen LogP contribution in [0.4, 0.5) is 0 Å². The maximum Gasteiger partial charge on any atom is 0.257 e. The van der Waals surface area contributed by atoms with Crippen LogP contribution in [-0.4, -0.2) is 45.3 Å². The number of aromatic nitrogens is 3. The Labute approximate surface area is 145 Å². The summed E-state index contributed by atoms with van der Waals surface area (Å²) in [4.78, 5) is 19.2. The molecule has 1 saturated heterocycles. The predicted octanol–water partition coefficient (Wildman–Crippen LogP) is 2.48. The first kappa shape index (κ1) is 15.5. The number of ether oxygens (including phenoxy) is 1. The number of benzene rings is 1. The van der Waals surface area contributed by atoms with Gasteiger partial charge in [0.1, 0.15) is 6.10 Å². The number of hydrogen-bond acceptors (Lipinski definition) is 4. The highest BCUT2D eigenvalue weighted by Gasteiger charge is 2.27. The summed E-state index contributed by atoms with van der Waals surface area (Å²) in [6.45, 7) is 1.61. The zero-order valence-corrected chi connectivity index (χ0v) is 13.7. The lowest BCUT2D eigenvalue weighted by Gasteiger charge is -2.33. The molecule has 1 atom stereocenters. The molecule has 3 aromatic rings. The first-order valence-corrected chi connectivity index (χ1v) is 8.24. The van der Waals surface area contributed by atoms with E-state index in [-0.39, 0.29) is 12.0 Å². The van der Waals surface area contributed by atoms with Crippen LogP contribution in [0.1, 0.15) is 22.0 Å². The van der Waals surface area contributed by atoms with E-state index in [9.17, 15) is 4.79 Å². The number of pyridine rings is 1. The summed E-state index contributed by atoms with van der Waals surface area (Å²) in [7, 11) is 0. The number of carbonyl (C=O) groups is 1. The van der Waals surface area contributed by atoms with Crippen LogP contribution in [0, 0.1) is 0 Å². The molecule has 1 aliphatic heterocycles. The van der Waals surface area contributed by atoms with Crippen molar-refractivity contribution in [2.45, 2.75) is 6.10 Å². The molecule has 0 bridgehead atoms. The van der Waals surface area contributed by atoms with Crippen LogP contribution >= 0.6 is 0 Å². The van der Waals surface area contributed by atoms with Crippen molar-refractivity contribution in [3.8, 4) is 5.82 Å². The van der Waals surface area contributed by atoms with E-state index in [1.54, 1.807) is 35.4 Å². The third-order valence-electron chi connectivity index (χ3n) is 4.26. The Morgan fingerprint density at radius 1 is 1.08 bits per heavy atom. The fourth-order valence-corrected chi connectivity index (χ4v) is 3.01. The Morgan fingerprint density at radius 3 is 2.76 bits per heavy atom. The molecule has 3 heterocycles. The molecule has 25 heavy (non-hydrogen) atoms. The van der Waals surface area contributed by atoms with Crippen LogP contribution in [0.15, 0.2) is 67.1 Å². The van der Waals surface area contributed by atoms with E-state index in [0.717, 1.165) is 5.56 Å². The molecule has 1 aliphatic rings. The van der Waals surface area contributed by atoms with E-state index in [4.69, 9.17) is 4.74 Å². The largest absolute Gasteiger partial charge is 0.370 e. The molecule has 1 fully saturated rings. The first-order valence-electron chi connectivity index (χ1n) is 8.24. The number of nitrogens with zero attached hydrogens (tertiary/aromatic N) is 4. The van der Waals surface area contributed by atoms with Crippen molar-refractivity contribution in [1.29, 1.82) is 0 Å². The van der Waals surface area contributed by atoms with Crippen molar-refractivity contribution in [2.75, 3.05) is 19.7 Å². The zero-order valence-electron chi connectivity index (χ0n) is 13.7. The molecule has 0 N–H and O–H groups in total. The Bertz CT molecular complexity index is 849. The van der Waals surface area contributed by atoms with Gasteiger partial charge in [-0.3, -0.25) is 4.79 Å². The minimum absolute atomic E-state index is 0.0529. The number of rotatable bonds is 3. The van der Waals surface area contributed by atoms with Crippen LogP contribution in [-0.2, 0) is 4.74 Å². The van der Waals surface area contributed by atoms with Crippen molar-refractivity contribution in [2.24, 2.45) is 0 Å². The van der Waals surface area contributed by atoms with E-state index in [2.05, 4.69) is 10.1 Å². The Kier molecular flexibility index (Phi) is 4.26. The molecule has 2 aromatic heterocycles. The monoisotopic (exact) mass is 334 g/mol. The lowest BCUT2D eigenvalue weighted by Crippen LogP contribution is -2.42. The summed E-state index contributed by atoms with van der Waals surface area (Å²) in [5.41, 5.74) is 1.62. The van der Waals surface area contributed by atoms with Crippen LogP contribution in [0.2, 0.25) is 0 Å². The van der Waals surface area contributed by atoms with Crippen LogP contribution in [0.25, 0.3) is 5.82 Å². The molecule has 4 rings (SSSR count). The molecule has 0 aliphatic carbocycles. The van der Waals surface area contributed by atoms with Gasteiger partial charge in [-0.1, -0.05) is 30.3 Å². The van der Waals surface area contributed by atoms with Gasteiger partial charge >= 0.3 is 0 Å². The van der Waals surface area contributed by atoms with Gasteiger partial charge in [-0.15, -0.1) is 0 Å². The quantitative estimate of drug-likeness (QED) is 0.738. The van der Waals surface area contributed by atoms with E-state index in [0.29, 0.717) is 31.1 Å². The minimum atomic E-state index is -0.108. The fraction of sp³-hybridized carbons (Fsp3) is 0.211. The number of carbonyl (C=O) groups excluding carboxylic acids is 1. The van der Waals surface area contributed by atoms with E-state index in [1.807, 2.05) is 41.3 Å². The average molecular weight is 334 g/mol. The van der Waals surface area contributed by atoms with Crippen molar-refractivity contribution in [3.05, 3.63) is 78.2 Å². The normalized spacial score (nSPS) is 17.4. The van der Waals surface area contributed by atoms with Gasteiger partial charge < -0.3 is 9.64 Å². The fourth-order valence-electron chi connectivity index (χ4n) is 3.01.